The molecule has 0 aliphatic carbocycles. The molecule has 5 N–H and O–H groups in total. The number of carbonyl (C=O) groups is 2. The summed E-state index contributed by atoms with van der Waals surface area (Å²) in [4.78, 5) is 29.2. The van der Waals surface area contributed by atoms with Crippen molar-refractivity contribution in [1.29, 1.82) is 5.41 Å². The van der Waals surface area contributed by atoms with Gasteiger partial charge in [0.1, 0.15) is 11.7 Å². The fourth-order valence-corrected chi connectivity index (χ4v) is 3.68. The number of nitrogen functional groups attached to an aromatic ring is 1. The predicted octanol–water partition coefficient (Wildman–Crippen LogP) is 3.43. The number of amides is 1. The second-order valence-electron chi connectivity index (χ2n) is 7.73. The lowest BCUT2D eigenvalue weighted by molar-refractivity contribution is -0.139. The highest BCUT2D eigenvalue weighted by Gasteiger charge is 2.23. The molecule has 174 valence electrons. The number of rotatable bonds is 7. The van der Waals surface area contributed by atoms with E-state index in [9.17, 15) is 14.7 Å². The van der Waals surface area contributed by atoms with Gasteiger partial charge in [0.15, 0.2) is 6.04 Å². The molecule has 0 radical (unpaired) electrons. The smallest absolute Gasteiger partial charge is 0.330 e. The van der Waals surface area contributed by atoms with E-state index in [4.69, 9.17) is 11.1 Å². The fourth-order valence-electron chi connectivity index (χ4n) is 3.68. The van der Waals surface area contributed by atoms with E-state index in [0.717, 1.165) is 16.9 Å². The lowest BCUT2D eigenvalue weighted by Crippen LogP contribution is -2.33. The summed E-state index contributed by atoms with van der Waals surface area (Å²) in [6, 6.07) is 20.0. The normalized spacial score (nSPS) is 11.4. The number of halogens is 1. The number of imidazole rings is 1. The zero-order valence-corrected chi connectivity index (χ0v) is 19.2. The number of fused-ring (bicyclic) bond motifs is 1. The molecule has 9 heteroatoms. The van der Waals surface area contributed by atoms with Gasteiger partial charge in [-0.25, -0.2) is 9.78 Å². The molecule has 0 fully saturated rings. The molecule has 0 saturated carbocycles. The van der Waals surface area contributed by atoms with Gasteiger partial charge >= 0.3 is 5.97 Å². The van der Waals surface area contributed by atoms with Crippen molar-refractivity contribution in [3.05, 3.63) is 101 Å². The monoisotopic (exact) mass is 477 g/mol. The number of aromatic nitrogens is 2. The standard InChI is InChI=1S/C25H23N5O3.ClH/c1-30-20-12-11-18(24(31)29-22(25(32)33)16-5-3-2-4-6-16)14-19(20)28-21(30)13-15-7-9-17(10-8-15)23(26)27;/h2-12,14,22H,13H2,1H3,(H3,26,27)(H,29,31)(H,32,33);1H. The molecule has 8 nitrogen and oxygen atoms in total. The van der Waals surface area contributed by atoms with E-state index in [1.165, 1.54) is 0 Å². The van der Waals surface area contributed by atoms with E-state index in [0.29, 0.717) is 28.6 Å². The lowest BCUT2D eigenvalue weighted by Gasteiger charge is -2.15. The number of nitrogens with one attached hydrogen (secondary N) is 2. The molecular formula is C25H24ClN5O3. The molecule has 4 aromatic rings. The van der Waals surface area contributed by atoms with Gasteiger partial charge in [0.05, 0.1) is 11.0 Å². The van der Waals surface area contributed by atoms with Gasteiger partial charge < -0.3 is 20.7 Å². The lowest BCUT2D eigenvalue weighted by atomic mass is 10.1. The van der Waals surface area contributed by atoms with Crippen LogP contribution in [-0.2, 0) is 18.3 Å². The van der Waals surface area contributed by atoms with E-state index >= 15 is 0 Å². The molecule has 0 aliphatic rings. The number of hydrogen-bond acceptors (Lipinski definition) is 4. The topological polar surface area (TPSA) is 134 Å². The van der Waals surface area contributed by atoms with E-state index in [2.05, 4.69) is 10.3 Å². The molecular weight excluding hydrogens is 454 g/mol. The van der Waals surface area contributed by atoms with Gasteiger partial charge in [0.25, 0.3) is 5.91 Å². The van der Waals surface area contributed by atoms with E-state index < -0.39 is 17.9 Å². The second-order valence-corrected chi connectivity index (χ2v) is 7.73. The summed E-state index contributed by atoms with van der Waals surface area (Å²) in [5.41, 5.74) is 9.53. The number of carbonyl (C=O) groups excluding carboxylic acids is 1. The Balaban J connectivity index is 0.00000324. The highest BCUT2D eigenvalue weighted by Crippen LogP contribution is 2.20. The summed E-state index contributed by atoms with van der Waals surface area (Å²) in [6.45, 7) is 0. The molecule has 1 atom stereocenters. The van der Waals surface area contributed by atoms with Crippen molar-refractivity contribution in [2.75, 3.05) is 0 Å². The van der Waals surface area contributed by atoms with Crippen molar-refractivity contribution in [2.24, 2.45) is 12.8 Å². The van der Waals surface area contributed by atoms with E-state index in [1.54, 1.807) is 60.7 Å². The van der Waals surface area contributed by atoms with Crippen LogP contribution in [0.3, 0.4) is 0 Å². The molecule has 4 rings (SSSR count). The highest BCUT2D eigenvalue weighted by molar-refractivity contribution is 5.99. The SMILES string of the molecule is Cl.Cn1c(Cc2ccc(C(=N)N)cc2)nc2cc(C(=O)NC(C(=O)O)c3ccccc3)ccc21. The molecule has 1 aromatic heterocycles. The van der Waals surface area contributed by atoms with Crippen molar-refractivity contribution in [3.8, 4) is 0 Å². The minimum absolute atomic E-state index is 0. The van der Waals surface area contributed by atoms with Crippen LogP contribution in [0.4, 0.5) is 0 Å². The van der Waals surface area contributed by atoms with Crippen LogP contribution in [0.15, 0.2) is 72.8 Å². The number of aryl methyl sites for hydroxylation is 1. The van der Waals surface area contributed by atoms with E-state index in [1.807, 2.05) is 23.7 Å². The van der Waals surface area contributed by atoms with Crippen LogP contribution in [0.5, 0.6) is 0 Å². The molecule has 0 bridgehead atoms. The Morgan fingerprint density at radius 2 is 1.71 bits per heavy atom. The Hall–Kier alpha value is -4.17. The van der Waals surface area contributed by atoms with Crippen LogP contribution in [-0.4, -0.2) is 32.4 Å². The van der Waals surface area contributed by atoms with Crippen molar-refractivity contribution >= 4 is 41.2 Å². The fraction of sp³-hybridized carbons (Fsp3) is 0.120. The number of amidine groups is 1. The van der Waals surface area contributed by atoms with Crippen LogP contribution in [0.25, 0.3) is 11.0 Å². The third-order valence-corrected chi connectivity index (χ3v) is 5.52. The maximum Gasteiger partial charge on any atom is 0.330 e. The summed E-state index contributed by atoms with van der Waals surface area (Å²) in [7, 11) is 1.91. The number of hydrogen-bond donors (Lipinski definition) is 4. The minimum atomic E-state index is -1.15. The summed E-state index contributed by atoms with van der Waals surface area (Å²) >= 11 is 0. The molecule has 3 aromatic carbocycles. The Bertz CT molecular complexity index is 1350. The number of aliphatic carboxylic acids is 1. The molecule has 34 heavy (non-hydrogen) atoms. The Kier molecular flexibility index (Phi) is 7.33. The summed E-state index contributed by atoms with van der Waals surface area (Å²) < 4.78 is 1.96. The van der Waals surface area contributed by atoms with Gasteiger partial charge in [-0.1, -0.05) is 54.6 Å². The number of nitrogens with zero attached hydrogens (tertiary/aromatic N) is 2. The van der Waals surface area contributed by atoms with Crippen LogP contribution < -0.4 is 11.1 Å². The first-order valence-electron chi connectivity index (χ1n) is 10.3. The van der Waals surface area contributed by atoms with Crippen molar-refractivity contribution in [1.82, 2.24) is 14.9 Å². The zero-order chi connectivity index (χ0) is 23.5. The third kappa shape index (κ3) is 5.07. The average molecular weight is 478 g/mol. The first-order valence-corrected chi connectivity index (χ1v) is 10.3. The van der Waals surface area contributed by atoms with Gasteiger partial charge in [0.2, 0.25) is 0 Å². The number of nitrogens with two attached hydrogens (primary N) is 1. The van der Waals surface area contributed by atoms with Crippen LogP contribution in [0.1, 0.15) is 38.9 Å². The van der Waals surface area contributed by atoms with Gasteiger partial charge in [0, 0.05) is 24.6 Å². The maximum atomic E-state index is 12.8. The van der Waals surface area contributed by atoms with Crippen LogP contribution in [0.2, 0.25) is 0 Å². The zero-order valence-electron chi connectivity index (χ0n) is 18.4. The van der Waals surface area contributed by atoms with Crippen LogP contribution in [0, 0.1) is 5.41 Å². The first-order chi connectivity index (χ1) is 15.8. The molecule has 0 saturated heterocycles. The van der Waals surface area contributed by atoms with Gasteiger partial charge in [-0.2, -0.15) is 0 Å². The van der Waals surface area contributed by atoms with Crippen molar-refractivity contribution in [3.63, 3.8) is 0 Å². The molecule has 1 amide bonds. The minimum Gasteiger partial charge on any atom is -0.479 e. The molecule has 0 aliphatic heterocycles. The number of benzene rings is 3. The first kappa shape index (κ1) is 24.5. The third-order valence-electron chi connectivity index (χ3n) is 5.52. The van der Waals surface area contributed by atoms with Gasteiger partial charge in [-0.05, 0) is 29.3 Å². The van der Waals surface area contributed by atoms with Crippen LogP contribution >= 0.6 is 12.4 Å². The molecule has 0 spiro atoms. The quantitative estimate of drug-likeness (QED) is 0.239. The van der Waals surface area contributed by atoms with Gasteiger partial charge in [-0.15, -0.1) is 12.4 Å². The van der Waals surface area contributed by atoms with Crippen molar-refractivity contribution in [2.45, 2.75) is 12.5 Å². The Labute approximate surface area is 202 Å². The largest absolute Gasteiger partial charge is 0.479 e. The van der Waals surface area contributed by atoms with E-state index in [-0.39, 0.29) is 18.2 Å². The van der Waals surface area contributed by atoms with Crippen molar-refractivity contribution < 1.29 is 14.7 Å². The summed E-state index contributed by atoms with van der Waals surface area (Å²) in [5.74, 6) is -0.787. The molecule has 1 unspecified atom stereocenters. The number of carboxylic acids is 1. The summed E-state index contributed by atoms with van der Waals surface area (Å²) in [5, 5.41) is 19.7. The molecule has 1 heterocycles. The second kappa shape index (κ2) is 10.2. The predicted molar refractivity (Wildman–Crippen MR) is 133 cm³/mol. The van der Waals surface area contributed by atoms with Gasteiger partial charge in [-0.3, -0.25) is 10.2 Å². The average Bonchev–Trinajstić information content (AvgIpc) is 3.12. The maximum absolute atomic E-state index is 12.8. The highest BCUT2D eigenvalue weighted by atomic mass is 35.5. The Morgan fingerprint density at radius 3 is 2.32 bits per heavy atom. The number of carboxylic acid groups (broad SMARTS) is 1. The summed E-state index contributed by atoms with van der Waals surface area (Å²) in [6.07, 6.45) is 0.569. The Morgan fingerprint density at radius 1 is 1.06 bits per heavy atom.